The Kier molecular flexibility index (Phi) is 8.88. The number of amides is 2. The van der Waals surface area contributed by atoms with Crippen LogP contribution in [0.3, 0.4) is 0 Å². The maximum Gasteiger partial charge on any atom is 0.255 e. The Bertz CT molecular complexity index is 765. The van der Waals surface area contributed by atoms with Crippen molar-refractivity contribution in [1.29, 1.82) is 0 Å². The molecule has 0 aliphatic rings. The van der Waals surface area contributed by atoms with Crippen molar-refractivity contribution in [2.45, 2.75) is 31.2 Å². The first-order valence-electron chi connectivity index (χ1n) is 9.42. The molecule has 0 saturated heterocycles. The molecule has 0 spiro atoms. The van der Waals surface area contributed by atoms with Gasteiger partial charge >= 0.3 is 0 Å². The molecule has 1 unspecified atom stereocenters. The Hall–Kier alpha value is -2.47. The van der Waals surface area contributed by atoms with Gasteiger partial charge in [0.15, 0.2) is 0 Å². The van der Waals surface area contributed by atoms with Crippen molar-refractivity contribution in [3.8, 4) is 5.75 Å². The van der Waals surface area contributed by atoms with Crippen LogP contribution < -0.4 is 15.4 Å². The second kappa shape index (κ2) is 11.4. The van der Waals surface area contributed by atoms with Gasteiger partial charge in [-0.2, -0.15) is 0 Å². The first-order chi connectivity index (χ1) is 13.5. The van der Waals surface area contributed by atoms with Gasteiger partial charge in [-0.15, -0.1) is 11.8 Å². The molecule has 1 atom stereocenters. The maximum absolute atomic E-state index is 12.6. The lowest BCUT2D eigenvalue weighted by Crippen LogP contribution is -2.50. The molecule has 0 heterocycles. The molecule has 2 rings (SSSR count). The average molecular weight is 401 g/mol. The van der Waals surface area contributed by atoms with Gasteiger partial charge in [0.2, 0.25) is 5.91 Å². The predicted octanol–water partition coefficient (Wildman–Crippen LogP) is 3.75. The minimum absolute atomic E-state index is 0.0302. The summed E-state index contributed by atoms with van der Waals surface area (Å²) in [5.41, 5.74) is 0.419. The second-order valence-electron chi connectivity index (χ2n) is 6.70. The van der Waals surface area contributed by atoms with Crippen LogP contribution in [0, 0.1) is 5.92 Å². The highest BCUT2D eigenvalue weighted by Crippen LogP contribution is 2.18. The second-order valence-corrected chi connectivity index (χ2v) is 7.87. The number of methoxy groups -OCH3 is 1. The SMILES string of the molecule is COc1ccccc1C(=O)NC(C(=O)NCCCSc1ccccc1)C(C)C. The van der Waals surface area contributed by atoms with Crippen LogP contribution in [-0.4, -0.2) is 37.3 Å². The van der Waals surface area contributed by atoms with Crippen molar-refractivity contribution in [1.82, 2.24) is 10.6 Å². The fourth-order valence-electron chi connectivity index (χ4n) is 2.69. The lowest BCUT2D eigenvalue weighted by molar-refractivity contribution is -0.123. The first-order valence-corrected chi connectivity index (χ1v) is 10.4. The summed E-state index contributed by atoms with van der Waals surface area (Å²) in [5.74, 6) is 0.900. The van der Waals surface area contributed by atoms with Crippen LogP contribution >= 0.6 is 11.8 Å². The third-order valence-electron chi connectivity index (χ3n) is 4.22. The molecule has 2 amide bonds. The molecule has 0 fully saturated rings. The van der Waals surface area contributed by atoms with Gasteiger partial charge in [-0.05, 0) is 42.4 Å². The summed E-state index contributed by atoms with van der Waals surface area (Å²) in [5, 5.41) is 5.78. The highest BCUT2D eigenvalue weighted by Gasteiger charge is 2.25. The molecule has 2 N–H and O–H groups in total. The normalized spacial score (nSPS) is 11.7. The number of benzene rings is 2. The van der Waals surface area contributed by atoms with Gasteiger partial charge in [0.05, 0.1) is 12.7 Å². The molecule has 5 nitrogen and oxygen atoms in total. The molecular formula is C22H28N2O3S. The molecule has 2 aromatic carbocycles. The van der Waals surface area contributed by atoms with E-state index < -0.39 is 6.04 Å². The summed E-state index contributed by atoms with van der Waals surface area (Å²) in [6.45, 7) is 4.41. The Morgan fingerprint density at radius 3 is 2.39 bits per heavy atom. The predicted molar refractivity (Wildman–Crippen MR) is 114 cm³/mol. The first kappa shape index (κ1) is 21.8. The van der Waals surface area contributed by atoms with Crippen LogP contribution in [0.25, 0.3) is 0 Å². The van der Waals surface area contributed by atoms with Crippen molar-refractivity contribution < 1.29 is 14.3 Å². The van der Waals surface area contributed by atoms with Crippen molar-refractivity contribution in [2.24, 2.45) is 5.92 Å². The Morgan fingerprint density at radius 1 is 1.04 bits per heavy atom. The fraction of sp³-hybridized carbons (Fsp3) is 0.364. The van der Waals surface area contributed by atoms with Crippen molar-refractivity contribution >= 4 is 23.6 Å². The van der Waals surface area contributed by atoms with E-state index in [9.17, 15) is 9.59 Å². The summed E-state index contributed by atoms with van der Waals surface area (Å²) in [6, 6.07) is 16.6. The molecular weight excluding hydrogens is 372 g/mol. The molecule has 0 radical (unpaired) electrons. The minimum Gasteiger partial charge on any atom is -0.496 e. The number of hydrogen-bond donors (Lipinski definition) is 2. The van der Waals surface area contributed by atoms with E-state index in [1.165, 1.54) is 12.0 Å². The van der Waals surface area contributed by atoms with E-state index in [2.05, 4.69) is 22.8 Å². The Balaban J connectivity index is 1.83. The lowest BCUT2D eigenvalue weighted by Gasteiger charge is -2.22. The molecule has 0 aliphatic heterocycles. The Labute approximate surface area is 171 Å². The molecule has 150 valence electrons. The van der Waals surface area contributed by atoms with Gasteiger partial charge in [-0.25, -0.2) is 0 Å². The van der Waals surface area contributed by atoms with E-state index in [4.69, 9.17) is 4.74 Å². The summed E-state index contributed by atoms with van der Waals surface area (Å²) in [7, 11) is 1.52. The Morgan fingerprint density at radius 2 is 1.71 bits per heavy atom. The monoisotopic (exact) mass is 400 g/mol. The largest absolute Gasteiger partial charge is 0.496 e. The van der Waals surface area contributed by atoms with E-state index in [-0.39, 0.29) is 17.7 Å². The maximum atomic E-state index is 12.6. The van der Waals surface area contributed by atoms with Crippen LogP contribution in [0.5, 0.6) is 5.75 Å². The topological polar surface area (TPSA) is 67.4 Å². The summed E-state index contributed by atoms with van der Waals surface area (Å²) < 4.78 is 5.23. The quantitative estimate of drug-likeness (QED) is 0.471. The van der Waals surface area contributed by atoms with Crippen molar-refractivity contribution in [3.05, 3.63) is 60.2 Å². The zero-order valence-electron chi connectivity index (χ0n) is 16.6. The van der Waals surface area contributed by atoms with E-state index in [1.807, 2.05) is 32.0 Å². The lowest BCUT2D eigenvalue weighted by atomic mass is 10.0. The smallest absolute Gasteiger partial charge is 0.255 e. The number of ether oxygens (including phenoxy) is 1. The zero-order chi connectivity index (χ0) is 20.4. The van der Waals surface area contributed by atoms with Gasteiger partial charge in [-0.1, -0.05) is 44.2 Å². The van der Waals surface area contributed by atoms with Crippen molar-refractivity contribution in [3.63, 3.8) is 0 Å². The average Bonchev–Trinajstić information content (AvgIpc) is 2.71. The summed E-state index contributed by atoms with van der Waals surface area (Å²) in [4.78, 5) is 26.4. The number of para-hydroxylation sites is 1. The minimum atomic E-state index is -0.598. The van der Waals surface area contributed by atoms with Crippen LogP contribution in [0.15, 0.2) is 59.5 Å². The number of rotatable bonds is 10. The van der Waals surface area contributed by atoms with E-state index >= 15 is 0 Å². The van der Waals surface area contributed by atoms with Crippen LogP contribution in [0.2, 0.25) is 0 Å². The third-order valence-corrected chi connectivity index (χ3v) is 5.32. The van der Waals surface area contributed by atoms with E-state index in [1.54, 1.807) is 36.0 Å². The van der Waals surface area contributed by atoms with E-state index in [0.29, 0.717) is 17.9 Å². The van der Waals surface area contributed by atoms with Gasteiger partial charge in [0.25, 0.3) is 5.91 Å². The van der Waals surface area contributed by atoms with Crippen LogP contribution in [0.1, 0.15) is 30.6 Å². The van der Waals surface area contributed by atoms with Crippen LogP contribution in [-0.2, 0) is 4.79 Å². The molecule has 2 aromatic rings. The number of carbonyl (C=O) groups excluding carboxylic acids is 2. The van der Waals surface area contributed by atoms with Crippen molar-refractivity contribution in [2.75, 3.05) is 19.4 Å². The standard InChI is InChI=1S/C22H28N2O3S/c1-16(2)20(24-21(25)18-12-7-8-13-19(18)27-3)22(26)23-14-9-15-28-17-10-5-4-6-11-17/h4-8,10-13,16,20H,9,14-15H2,1-3H3,(H,23,26)(H,24,25). The number of nitrogens with one attached hydrogen (secondary N) is 2. The number of thioether (sulfide) groups is 1. The summed E-state index contributed by atoms with van der Waals surface area (Å²) >= 11 is 1.76. The van der Waals surface area contributed by atoms with Gasteiger partial charge in [0.1, 0.15) is 11.8 Å². The number of carbonyl (C=O) groups is 2. The fourth-order valence-corrected chi connectivity index (χ4v) is 3.56. The molecule has 0 bridgehead atoms. The van der Waals surface area contributed by atoms with Crippen LogP contribution in [0.4, 0.5) is 0 Å². The van der Waals surface area contributed by atoms with Gasteiger partial charge in [-0.3, -0.25) is 9.59 Å². The molecule has 0 saturated carbocycles. The zero-order valence-corrected chi connectivity index (χ0v) is 17.4. The molecule has 0 aromatic heterocycles. The molecule has 28 heavy (non-hydrogen) atoms. The van der Waals surface area contributed by atoms with E-state index in [0.717, 1.165) is 12.2 Å². The third kappa shape index (κ3) is 6.60. The summed E-state index contributed by atoms with van der Waals surface area (Å²) in [6.07, 6.45) is 0.858. The highest BCUT2D eigenvalue weighted by atomic mass is 32.2. The van der Waals surface area contributed by atoms with Gasteiger partial charge in [0, 0.05) is 11.4 Å². The number of hydrogen-bond acceptors (Lipinski definition) is 4. The molecule has 0 aliphatic carbocycles. The van der Waals surface area contributed by atoms with Gasteiger partial charge < -0.3 is 15.4 Å². The highest BCUT2D eigenvalue weighted by molar-refractivity contribution is 7.99. The molecule has 6 heteroatoms.